The maximum atomic E-state index is 11.7. The molecule has 0 radical (unpaired) electrons. The largest absolute Gasteiger partial charge is 0.396 e. The Kier molecular flexibility index (Phi) is 3.24. The zero-order valence-corrected chi connectivity index (χ0v) is 9.65. The van der Waals surface area contributed by atoms with E-state index in [0.717, 1.165) is 10.6 Å². The van der Waals surface area contributed by atoms with Crippen molar-refractivity contribution in [3.8, 4) is 0 Å². The van der Waals surface area contributed by atoms with Crippen molar-refractivity contribution in [1.29, 1.82) is 0 Å². The van der Waals surface area contributed by atoms with Crippen LogP contribution < -0.4 is 17.1 Å². The molecule has 1 aromatic rings. The molecule has 18 heavy (non-hydrogen) atoms. The molecule has 0 spiro atoms. The molecular weight excluding hydrogens is 242 g/mol. The van der Waals surface area contributed by atoms with Gasteiger partial charge in [0.25, 0.3) is 5.56 Å². The van der Waals surface area contributed by atoms with E-state index < -0.39 is 23.1 Å². The average molecular weight is 257 g/mol. The third kappa shape index (κ3) is 1.84. The molecule has 0 aromatic carbocycles. The van der Waals surface area contributed by atoms with Crippen LogP contribution in [0.15, 0.2) is 21.9 Å². The number of nitrogens with two attached hydrogens (primary N) is 1. The molecule has 100 valence electrons. The number of nitrogen functional groups attached to an aromatic ring is 1. The molecule has 0 aliphatic carbocycles. The van der Waals surface area contributed by atoms with Gasteiger partial charge in [-0.3, -0.25) is 9.36 Å². The molecule has 0 saturated carbocycles. The molecule has 0 bridgehead atoms. The number of aromatic nitrogens is 2. The molecule has 1 fully saturated rings. The first kappa shape index (κ1) is 12.8. The van der Waals surface area contributed by atoms with Crippen molar-refractivity contribution < 1.29 is 14.9 Å². The Balaban J connectivity index is 2.40. The highest BCUT2D eigenvalue weighted by molar-refractivity contribution is 4.96. The summed E-state index contributed by atoms with van der Waals surface area (Å²) in [7, 11) is 0. The van der Waals surface area contributed by atoms with Crippen LogP contribution in [0, 0.1) is 0 Å². The number of hydrogen-bond acceptors (Lipinski definition) is 6. The number of aliphatic hydroxyl groups excluding tert-OH is 2. The van der Waals surface area contributed by atoms with Gasteiger partial charge in [0.05, 0.1) is 6.61 Å². The van der Waals surface area contributed by atoms with E-state index in [1.807, 2.05) is 0 Å². The highest BCUT2D eigenvalue weighted by Gasteiger charge is 2.46. The molecule has 1 saturated heterocycles. The maximum Gasteiger partial charge on any atom is 0.351 e. The van der Waals surface area contributed by atoms with Gasteiger partial charge in [0, 0.05) is 31.7 Å². The Labute approximate surface area is 102 Å². The van der Waals surface area contributed by atoms with Crippen LogP contribution in [0.5, 0.6) is 0 Å². The van der Waals surface area contributed by atoms with E-state index in [1.54, 1.807) is 0 Å². The summed E-state index contributed by atoms with van der Waals surface area (Å²) in [5.74, 6) is 5.27. The lowest BCUT2D eigenvalue weighted by Gasteiger charge is -2.45. The van der Waals surface area contributed by atoms with Crippen LogP contribution in [0.3, 0.4) is 0 Å². The van der Waals surface area contributed by atoms with E-state index in [1.165, 1.54) is 6.20 Å². The van der Waals surface area contributed by atoms with Crippen molar-refractivity contribution in [2.75, 3.05) is 19.1 Å². The van der Waals surface area contributed by atoms with Gasteiger partial charge in [0.15, 0.2) is 6.23 Å². The van der Waals surface area contributed by atoms with Crippen molar-refractivity contribution in [3.63, 3.8) is 0 Å². The Hall–Kier alpha value is -1.64. The number of nitrogens with zero attached hydrogens (tertiary/aromatic N) is 2. The Morgan fingerprint density at radius 1 is 1.56 bits per heavy atom. The molecule has 4 N–H and O–H groups in total. The van der Waals surface area contributed by atoms with Gasteiger partial charge in [-0.15, -0.1) is 0 Å². The topological polar surface area (TPSA) is 120 Å². The molecule has 1 aromatic heterocycles. The first-order valence-electron chi connectivity index (χ1n) is 5.54. The Bertz CT molecular complexity index is 545. The second-order valence-electron chi connectivity index (χ2n) is 4.22. The summed E-state index contributed by atoms with van der Waals surface area (Å²) in [4.78, 5) is 22.9. The van der Waals surface area contributed by atoms with Gasteiger partial charge in [0.2, 0.25) is 0 Å². The van der Waals surface area contributed by atoms with E-state index in [0.29, 0.717) is 17.7 Å². The predicted molar refractivity (Wildman–Crippen MR) is 61.4 cm³/mol. The summed E-state index contributed by atoms with van der Waals surface area (Å²) in [5.41, 5.74) is -2.48. The van der Waals surface area contributed by atoms with Crippen molar-refractivity contribution >= 4 is 0 Å². The highest BCUT2D eigenvalue weighted by Crippen LogP contribution is 2.38. The van der Waals surface area contributed by atoms with Crippen molar-refractivity contribution in [2.24, 2.45) is 0 Å². The van der Waals surface area contributed by atoms with Crippen LogP contribution in [-0.2, 0) is 4.74 Å². The van der Waals surface area contributed by atoms with Gasteiger partial charge < -0.3 is 20.8 Å². The molecule has 2 rings (SSSR count). The van der Waals surface area contributed by atoms with E-state index in [2.05, 4.69) is 0 Å². The standard InChI is InChI=1S/C10H15N3O5/c11-13-7(15)1-4-12(9(13)17)8(16)10(2-5-14)3-6-18-10/h1,4,8,14,16H,2-3,5-6,11H2/t8-,10+/m1/s1. The zero-order valence-electron chi connectivity index (χ0n) is 9.65. The SMILES string of the molecule is Nn1c(=O)ccn([C@H](O)[C@]2(CCO)CCO2)c1=O. The lowest BCUT2D eigenvalue weighted by atomic mass is 9.89. The third-order valence-corrected chi connectivity index (χ3v) is 3.23. The molecule has 2 heterocycles. The van der Waals surface area contributed by atoms with Crippen LogP contribution >= 0.6 is 0 Å². The first-order valence-corrected chi connectivity index (χ1v) is 5.54. The van der Waals surface area contributed by atoms with Crippen LogP contribution in [0.1, 0.15) is 19.1 Å². The first-order chi connectivity index (χ1) is 8.52. The number of hydrogen-bond donors (Lipinski definition) is 3. The second-order valence-corrected chi connectivity index (χ2v) is 4.22. The molecule has 2 atom stereocenters. The number of ether oxygens (including phenoxy) is 1. The minimum atomic E-state index is -1.29. The fourth-order valence-corrected chi connectivity index (χ4v) is 2.03. The molecule has 8 heteroatoms. The summed E-state index contributed by atoms with van der Waals surface area (Å²) in [6, 6.07) is 1.08. The molecular formula is C10H15N3O5. The third-order valence-electron chi connectivity index (χ3n) is 3.23. The molecule has 8 nitrogen and oxygen atoms in total. The van der Waals surface area contributed by atoms with Gasteiger partial charge in [-0.25, -0.2) is 4.79 Å². The molecule has 0 unspecified atom stereocenters. The molecule has 1 aliphatic heterocycles. The van der Waals surface area contributed by atoms with Crippen LogP contribution in [0.4, 0.5) is 0 Å². The minimum absolute atomic E-state index is 0.173. The van der Waals surface area contributed by atoms with Crippen LogP contribution in [-0.4, -0.2) is 38.3 Å². The van der Waals surface area contributed by atoms with Gasteiger partial charge in [-0.2, -0.15) is 4.68 Å². The van der Waals surface area contributed by atoms with E-state index >= 15 is 0 Å². The van der Waals surface area contributed by atoms with Crippen LogP contribution in [0.2, 0.25) is 0 Å². The number of rotatable bonds is 4. The summed E-state index contributed by atoms with van der Waals surface area (Å²) < 4.78 is 6.64. The smallest absolute Gasteiger partial charge is 0.351 e. The van der Waals surface area contributed by atoms with Crippen molar-refractivity contribution in [2.45, 2.75) is 24.7 Å². The van der Waals surface area contributed by atoms with Crippen molar-refractivity contribution in [3.05, 3.63) is 33.1 Å². The van der Waals surface area contributed by atoms with Crippen molar-refractivity contribution in [1.82, 2.24) is 9.24 Å². The fourth-order valence-electron chi connectivity index (χ4n) is 2.03. The van der Waals surface area contributed by atoms with Gasteiger partial charge >= 0.3 is 5.69 Å². The van der Waals surface area contributed by atoms with E-state index in [-0.39, 0.29) is 13.0 Å². The quantitative estimate of drug-likeness (QED) is 0.524. The fraction of sp³-hybridized carbons (Fsp3) is 0.600. The molecule has 1 aliphatic rings. The van der Waals surface area contributed by atoms with E-state index in [9.17, 15) is 14.7 Å². The van der Waals surface area contributed by atoms with E-state index in [4.69, 9.17) is 15.7 Å². The average Bonchev–Trinajstić information content (AvgIpc) is 2.30. The summed E-state index contributed by atoms with van der Waals surface area (Å²) in [6.45, 7) is 0.280. The predicted octanol–water partition coefficient (Wildman–Crippen LogP) is -2.24. The molecule has 0 amide bonds. The Morgan fingerprint density at radius 2 is 2.22 bits per heavy atom. The van der Waals surface area contributed by atoms with Gasteiger partial charge in [-0.05, 0) is 0 Å². The monoisotopic (exact) mass is 257 g/mol. The Morgan fingerprint density at radius 3 is 2.72 bits per heavy atom. The summed E-state index contributed by atoms with van der Waals surface area (Å²) >= 11 is 0. The zero-order chi connectivity index (χ0) is 13.3. The van der Waals surface area contributed by atoms with Gasteiger partial charge in [-0.1, -0.05) is 0 Å². The minimum Gasteiger partial charge on any atom is -0.396 e. The second kappa shape index (κ2) is 4.56. The lowest BCUT2D eigenvalue weighted by Crippen LogP contribution is -2.55. The van der Waals surface area contributed by atoms with Gasteiger partial charge in [0.1, 0.15) is 5.60 Å². The van der Waals surface area contributed by atoms with Crippen LogP contribution in [0.25, 0.3) is 0 Å². The summed E-state index contributed by atoms with van der Waals surface area (Å²) in [6.07, 6.45) is 0.593. The number of aliphatic hydroxyl groups is 2. The summed E-state index contributed by atoms with van der Waals surface area (Å²) in [5, 5.41) is 19.1. The normalized spacial score (nSPS) is 24.6. The lowest BCUT2D eigenvalue weighted by molar-refractivity contribution is -0.235. The maximum absolute atomic E-state index is 11.7. The highest BCUT2D eigenvalue weighted by atomic mass is 16.5.